The van der Waals surface area contributed by atoms with Crippen LogP contribution in [0.3, 0.4) is 0 Å². The van der Waals surface area contributed by atoms with Gasteiger partial charge in [0.1, 0.15) is 5.75 Å². The van der Waals surface area contributed by atoms with E-state index < -0.39 is 10.0 Å². The van der Waals surface area contributed by atoms with Crippen molar-refractivity contribution < 1.29 is 22.7 Å². The van der Waals surface area contributed by atoms with Crippen LogP contribution in [0.2, 0.25) is 0 Å². The number of methoxy groups -OCH3 is 1. The maximum atomic E-state index is 12.5. The monoisotopic (exact) mass is 402 g/mol. The summed E-state index contributed by atoms with van der Waals surface area (Å²) in [6, 6.07) is 13.2. The molecule has 0 aromatic heterocycles. The lowest BCUT2D eigenvalue weighted by Gasteiger charge is -2.24. The van der Waals surface area contributed by atoms with Crippen molar-refractivity contribution in [2.75, 3.05) is 18.6 Å². The van der Waals surface area contributed by atoms with E-state index >= 15 is 0 Å². The first-order valence-electron chi connectivity index (χ1n) is 8.99. The van der Waals surface area contributed by atoms with Crippen LogP contribution in [-0.4, -0.2) is 33.9 Å². The molecule has 7 nitrogen and oxygen atoms in total. The quantitative estimate of drug-likeness (QED) is 0.717. The molecule has 0 aliphatic carbocycles. The molecule has 1 fully saturated rings. The summed E-state index contributed by atoms with van der Waals surface area (Å²) in [6.07, 6.45) is 1.73. The third-order valence-corrected chi connectivity index (χ3v) is 6.03. The molecule has 2 aromatic rings. The summed E-state index contributed by atoms with van der Waals surface area (Å²) in [6.45, 7) is 0.250. The van der Waals surface area contributed by atoms with E-state index in [1.165, 1.54) is 24.3 Å². The van der Waals surface area contributed by atoms with E-state index in [2.05, 4.69) is 4.72 Å². The summed E-state index contributed by atoms with van der Waals surface area (Å²) in [5, 5.41) is 0. The molecular formula is C20H22N2O5S. The molecule has 1 heterocycles. The zero-order valence-electron chi connectivity index (χ0n) is 15.6. The average Bonchev–Trinajstić information content (AvgIpc) is 2.69. The van der Waals surface area contributed by atoms with Gasteiger partial charge in [-0.1, -0.05) is 12.1 Å². The average molecular weight is 402 g/mol. The molecule has 0 bridgehead atoms. The maximum absolute atomic E-state index is 12.5. The van der Waals surface area contributed by atoms with E-state index in [0.29, 0.717) is 31.4 Å². The minimum atomic E-state index is -3.68. The van der Waals surface area contributed by atoms with E-state index in [9.17, 15) is 18.0 Å². The van der Waals surface area contributed by atoms with Crippen LogP contribution in [0.15, 0.2) is 53.4 Å². The summed E-state index contributed by atoms with van der Waals surface area (Å²) in [7, 11) is -2.09. The standard InChI is InChI=1S/C20H22N2O5S/c1-27-17-9-5-15(6-10-17)13-14-21-28(25,26)18-11-7-16(8-12-18)22-19(23)3-2-4-20(22)24/h5-12,21H,2-4,13-14H2,1H3. The minimum absolute atomic E-state index is 0.0860. The molecule has 28 heavy (non-hydrogen) atoms. The highest BCUT2D eigenvalue weighted by Gasteiger charge is 2.27. The van der Waals surface area contributed by atoms with Crippen molar-refractivity contribution in [1.29, 1.82) is 0 Å². The first kappa shape index (κ1) is 20.0. The number of amides is 2. The van der Waals surface area contributed by atoms with Crippen molar-refractivity contribution in [2.45, 2.75) is 30.6 Å². The zero-order chi connectivity index (χ0) is 20.1. The van der Waals surface area contributed by atoms with Crippen molar-refractivity contribution in [3.8, 4) is 5.75 Å². The first-order chi connectivity index (χ1) is 13.4. The number of carbonyl (C=O) groups is 2. The molecule has 3 rings (SSSR count). The van der Waals surface area contributed by atoms with Gasteiger partial charge in [0.05, 0.1) is 17.7 Å². The van der Waals surface area contributed by atoms with Crippen molar-refractivity contribution in [2.24, 2.45) is 0 Å². The van der Waals surface area contributed by atoms with Gasteiger partial charge in [0.25, 0.3) is 0 Å². The van der Waals surface area contributed by atoms with Crippen LogP contribution in [0.4, 0.5) is 5.69 Å². The van der Waals surface area contributed by atoms with E-state index in [1.54, 1.807) is 7.11 Å². The zero-order valence-corrected chi connectivity index (χ0v) is 16.4. The summed E-state index contributed by atoms with van der Waals surface area (Å²) in [5.41, 5.74) is 1.38. The van der Waals surface area contributed by atoms with E-state index in [-0.39, 0.29) is 23.3 Å². The lowest BCUT2D eigenvalue weighted by atomic mass is 10.1. The number of hydrogen-bond acceptors (Lipinski definition) is 5. The number of hydrogen-bond donors (Lipinski definition) is 1. The number of rotatable bonds is 7. The lowest BCUT2D eigenvalue weighted by Crippen LogP contribution is -2.40. The third-order valence-electron chi connectivity index (χ3n) is 4.55. The largest absolute Gasteiger partial charge is 0.497 e. The summed E-state index contributed by atoms with van der Waals surface area (Å²) >= 11 is 0. The second kappa shape index (κ2) is 8.53. The Morgan fingerprint density at radius 3 is 2.14 bits per heavy atom. The minimum Gasteiger partial charge on any atom is -0.497 e. The number of carbonyl (C=O) groups excluding carboxylic acids is 2. The van der Waals surface area contributed by atoms with Crippen LogP contribution >= 0.6 is 0 Å². The van der Waals surface area contributed by atoms with Crippen LogP contribution in [0.25, 0.3) is 0 Å². The fourth-order valence-electron chi connectivity index (χ4n) is 3.02. The van der Waals surface area contributed by atoms with Crippen molar-refractivity contribution in [3.05, 3.63) is 54.1 Å². The fourth-order valence-corrected chi connectivity index (χ4v) is 4.05. The Kier molecular flexibility index (Phi) is 6.11. The Bertz CT molecular complexity index is 937. The highest BCUT2D eigenvalue weighted by Crippen LogP contribution is 2.23. The molecule has 0 atom stereocenters. The van der Waals surface area contributed by atoms with Gasteiger partial charge in [-0.15, -0.1) is 0 Å². The smallest absolute Gasteiger partial charge is 0.240 e. The van der Waals surface area contributed by atoms with Crippen molar-refractivity contribution >= 4 is 27.5 Å². The van der Waals surface area contributed by atoms with Crippen LogP contribution < -0.4 is 14.4 Å². The number of imide groups is 1. The first-order valence-corrected chi connectivity index (χ1v) is 10.5. The van der Waals surface area contributed by atoms with Gasteiger partial charge in [-0.05, 0) is 54.8 Å². The topological polar surface area (TPSA) is 92.8 Å². The van der Waals surface area contributed by atoms with E-state index in [0.717, 1.165) is 16.2 Å². The van der Waals surface area contributed by atoms with Gasteiger partial charge in [0.15, 0.2) is 0 Å². The SMILES string of the molecule is COc1ccc(CCNS(=O)(=O)c2ccc(N3C(=O)CCCC3=O)cc2)cc1. The second-order valence-electron chi connectivity index (χ2n) is 6.47. The maximum Gasteiger partial charge on any atom is 0.240 e. The Balaban J connectivity index is 1.63. The number of ether oxygens (including phenoxy) is 1. The van der Waals surface area contributed by atoms with Crippen LogP contribution in [0.5, 0.6) is 5.75 Å². The number of anilines is 1. The Morgan fingerprint density at radius 1 is 0.964 bits per heavy atom. The number of nitrogens with zero attached hydrogens (tertiary/aromatic N) is 1. The number of sulfonamides is 1. The van der Waals surface area contributed by atoms with Crippen LogP contribution in [0, 0.1) is 0 Å². The number of piperidine rings is 1. The van der Waals surface area contributed by atoms with E-state index in [4.69, 9.17) is 4.74 Å². The Hall–Kier alpha value is -2.71. The molecule has 8 heteroatoms. The molecule has 2 amide bonds. The molecule has 0 radical (unpaired) electrons. The fraction of sp³-hybridized carbons (Fsp3) is 0.300. The van der Waals surface area contributed by atoms with Crippen LogP contribution in [0.1, 0.15) is 24.8 Å². The molecule has 1 aliphatic heterocycles. The van der Waals surface area contributed by atoms with Gasteiger partial charge in [-0.2, -0.15) is 0 Å². The predicted octanol–water partition coefficient (Wildman–Crippen LogP) is 2.26. The molecular weight excluding hydrogens is 380 g/mol. The summed E-state index contributed by atoms with van der Waals surface area (Å²) < 4.78 is 32.6. The molecule has 1 saturated heterocycles. The highest BCUT2D eigenvalue weighted by molar-refractivity contribution is 7.89. The molecule has 148 valence electrons. The van der Waals surface area contributed by atoms with Gasteiger partial charge in [0, 0.05) is 19.4 Å². The molecule has 0 spiro atoms. The molecule has 1 N–H and O–H groups in total. The van der Waals surface area contributed by atoms with Gasteiger partial charge in [0.2, 0.25) is 21.8 Å². The lowest BCUT2D eigenvalue weighted by molar-refractivity contribution is -0.129. The van der Waals surface area contributed by atoms with Gasteiger partial charge >= 0.3 is 0 Å². The number of benzene rings is 2. The summed E-state index contributed by atoms with van der Waals surface area (Å²) in [5.74, 6) is 0.226. The highest BCUT2D eigenvalue weighted by atomic mass is 32.2. The van der Waals surface area contributed by atoms with Crippen LogP contribution in [-0.2, 0) is 26.0 Å². The molecule has 0 saturated carbocycles. The van der Waals surface area contributed by atoms with Gasteiger partial charge < -0.3 is 4.74 Å². The molecule has 2 aromatic carbocycles. The molecule has 1 aliphatic rings. The van der Waals surface area contributed by atoms with E-state index in [1.807, 2.05) is 24.3 Å². The Labute approximate surface area is 164 Å². The Morgan fingerprint density at radius 2 is 1.57 bits per heavy atom. The molecule has 0 unspecified atom stereocenters. The van der Waals surface area contributed by atoms with Crippen molar-refractivity contribution in [3.63, 3.8) is 0 Å². The third kappa shape index (κ3) is 4.58. The predicted molar refractivity (Wildman–Crippen MR) is 105 cm³/mol. The number of nitrogens with one attached hydrogen (secondary N) is 1. The van der Waals surface area contributed by atoms with Gasteiger partial charge in [-0.25, -0.2) is 13.1 Å². The normalized spacial score (nSPS) is 15.0. The van der Waals surface area contributed by atoms with Gasteiger partial charge in [-0.3, -0.25) is 14.5 Å². The van der Waals surface area contributed by atoms with Crippen molar-refractivity contribution in [1.82, 2.24) is 4.72 Å². The summed E-state index contributed by atoms with van der Waals surface area (Å²) in [4.78, 5) is 25.1. The second-order valence-corrected chi connectivity index (χ2v) is 8.23.